The highest BCUT2D eigenvalue weighted by Gasteiger charge is 2.37. The molecule has 0 spiro atoms. The molecule has 2 aromatic rings. The molecule has 3 N–H and O–H groups in total. The number of aromatic nitrogens is 1. The third kappa shape index (κ3) is 6.21. The molecule has 0 fully saturated rings. The predicted octanol–water partition coefficient (Wildman–Crippen LogP) is 3.80. The standard InChI is InChI=1S/C23H35N3O4Si/c1-16(2)25-22(28)20-21(29-14-17-11-9-8-10-12-17)19(27)13-18(26(20)24)15-30-31(6,7)23(3,4)5/h8-13,16H,14-15,24H2,1-7H3,(H,25,28). The molecule has 0 radical (unpaired) electrons. The molecule has 170 valence electrons. The first kappa shape index (κ1) is 24.7. The van der Waals surface area contributed by atoms with E-state index in [0.717, 1.165) is 5.56 Å². The first-order chi connectivity index (χ1) is 14.3. The van der Waals surface area contributed by atoms with Gasteiger partial charge < -0.3 is 20.3 Å². The summed E-state index contributed by atoms with van der Waals surface area (Å²) in [6.07, 6.45) is 0. The van der Waals surface area contributed by atoms with Gasteiger partial charge in [0.05, 0.1) is 12.3 Å². The molecule has 0 unspecified atom stereocenters. The van der Waals surface area contributed by atoms with Gasteiger partial charge in [-0.1, -0.05) is 51.1 Å². The van der Waals surface area contributed by atoms with Crippen molar-refractivity contribution in [2.75, 3.05) is 5.84 Å². The monoisotopic (exact) mass is 445 g/mol. The quantitative estimate of drug-likeness (QED) is 0.476. The van der Waals surface area contributed by atoms with Crippen molar-refractivity contribution >= 4 is 14.2 Å². The van der Waals surface area contributed by atoms with Crippen LogP contribution < -0.4 is 21.3 Å². The lowest BCUT2D eigenvalue weighted by atomic mass is 10.2. The van der Waals surface area contributed by atoms with Gasteiger partial charge >= 0.3 is 0 Å². The van der Waals surface area contributed by atoms with E-state index < -0.39 is 19.7 Å². The van der Waals surface area contributed by atoms with Gasteiger partial charge in [-0.3, -0.25) is 14.3 Å². The summed E-state index contributed by atoms with van der Waals surface area (Å²) in [4.78, 5) is 25.8. The van der Waals surface area contributed by atoms with Crippen LogP contribution in [0, 0.1) is 0 Å². The SMILES string of the molecule is CC(C)NC(=O)c1c(OCc2ccccc2)c(=O)cc(CO[Si](C)(C)C(C)(C)C)n1N. The van der Waals surface area contributed by atoms with Crippen molar-refractivity contribution in [1.82, 2.24) is 9.99 Å². The lowest BCUT2D eigenvalue weighted by Crippen LogP contribution is -2.42. The smallest absolute Gasteiger partial charge is 0.274 e. The van der Waals surface area contributed by atoms with Crippen LogP contribution in [0.3, 0.4) is 0 Å². The molecular weight excluding hydrogens is 410 g/mol. The molecule has 2 rings (SSSR count). The minimum Gasteiger partial charge on any atom is -0.482 e. The number of nitrogens with one attached hydrogen (secondary N) is 1. The van der Waals surface area contributed by atoms with E-state index in [0.29, 0.717) is 5.69 Å². The number of rotatable bonds is 8. The average molecular weight is 446 g/mol. The summed E-state index contributed by atoms with van der Waals surface area (Å²) in [6.45, 7) is 14.6. The third-order valence-electron chi connectivity index (χ3n) is 5.53. The van der Waals surface area contributed by atoms with Crippen LogP contribution in [-0.2, 0) is 17.6 Å². The van der Waals surface area contributed by atoms with Crippen LogP contribution >= 0.6 is 0 Å². The number of pyridine rings is 1. The van der Waals surface area contributed by atoms with Gasteiger partial charge in [0.2, 0.25) is 5.43 Å². The van der Waals surface area contributed by atoms with Crippen LogP contribution in [0.5, 0.6) is 5.75 Å². The summed E-state index contributed by atoms with van der Waals surface area (Å²) in [6, 6.07) is 10.7. The van der Waals surface area contributed by atoms with E-state index in [9.17, 15) is 9.59 Å². The van der Waals surface area contributed by atoms with Crippen molar-refractivity contribution in [1.29, 1.82) is 0 Å². The Balaban J connectivity index is 2.42. The predicted molar refractivity (Wildman–Crippen MR) is 126 cm³/mol. The zero-order valence-electron chi connectivity index (χ0n) is 19.6. The Kier molecular flexibility index (Phi) is 7.72. The van der Waals surface area contributed by atoms with Crippen LogP contribution in [-0.4, -0.2) is 24.9 Å². The number of nitrogens with zero attached hydrogens (tertiary/aromatic N) is 1. The van der Waals surface area contributed by atoms with Crippen LogP contribution in [0.1, 0.15) is 56.4 Å². The lowest BCUT2D eigenvalue weighted by molar-refractivity contribution is 0.0928. The van der Waals surface area contributed by atoms with Crippen LogP contribution in [0.2, 0.25) is 18.1 Å². The first-order valence-corrected chi connectivity index (χ1v) is 13.4. The number of benzene rings is 1. The van der Waals surface area contributed by atoms with Crippen molar-refractivity contribution < 1.29 is 14.0 Å². The van der Waals surface area contributed by atoms with Crippen LogP contribution in [0.4, 0.5) is 0 Å². The number of nitrogens with two attached hydrogens (primary N) is 1. The fraction of sp³-hybridized carbons (Fsp3) is 0.478. The molecule has 1 aromatic carbocycles. The van der Waals surface area contributed by atoms with Crippen LogP contribution in [0.25, 0.3) is 0 Å². The van der Waals surface area contributed by atoms with Gasteiger partial charge in [0.25, 0.3) is 5.91 Å². The Morgan fingerprint density at radius 3 is 2.32 bits per heavy atom. The number of carbonyl (C=O) groups is 1. The van der Waals surface area contributed by atoms with E-state index in [1.165, 1.54) is 10.7 Å². The summed E-state index contributed by atoms with van der Waals surface area (Å²) < 4.78 is 13.2. The summed E-state index contributed by atoms with van der Waals surface area (Å²) in [5.41, 5.74) is 0.896. The zero-order valence-corrected chi connectivity index (χ0v) is 20.6. The number of hydrogen-bond acceptors (Lipinski definition) is 5. The van der Waals surface area contributed by atoms with Gasteiger partial charge in [0, 0.05) is 12.1 Å². The second kappa shape index (κ2) is 9.70. The van der Waals surface area contributed by atoms with Gasteiger partial charge in [0.1, 0.15) is 6.61 Å². The third-order valence-corrected chi connectivity index (χ3v) is 10.0. The van der Waals surface area contributed by atoms with Crippen molar-refractivity contribution in [2.24, 2.45) is 0 Å². The maximum Gasteiger partial charge on any atom is 0.274 e. The number of ether oxygens (including phenoxy) is 1. The number of nitrogen functional groups attached to an aromatic ring is 1. The van der Waals surface area contributed by atoms with Gasteiger partial charge in [-0.2, -0.15) is 0 Å². The van der Waals surface area contributed by atoms with E-state index in [4.69, 9.17) is 15.0 Å². The molecule has 1 aromatic heterocycles. The number of amides is 1. The summed E-state index contributed by atoms with van der Waals surface area (Å²) in [5, 5.41) is 2.80. The molecule has 0 atom stereocenters. The van der Waals surface area contributed by atoms with Crippen LogP contribution in [0.15, 0.2) is 41.2 Å². The molecule has 7 nitrogen and oxygen atoms in total. The highest BCUT2D eigenvalue weighted by molar-refractivity contribution is 6.74. The van der Waals surface area contributed by atoms with Gasteiger partial charge in [-0.25, -0.2) is 0 Å². The molecule has 1 amide bonds. The second-order valence-electron chi connectivity index (χ2n) is 9.50. The maximum absolute atomic E-state index is 12.9. The molecule has 0 saturated heterocycles. The normalized spacial score (nSPS) is 12.1. The Morgan fingerprint density at radius 2 is 1.77 bits per heavy atom. The largest absolute Gasteiger partial charge is 0.482 e. The molecule has 31 heavy (non-hydrogen) atoms. The lowest BCUT2D eigenvalue weighted by Gasteiger charge is -2.36. The summed E-state index contributed by atoms with van der Waals surface area (Å²) in [5.74, 6) is 5.77. The molecule has 0 aliphatic rings. The fourth-order valence-electron chi connectivity index (χ4n) is 2.65. The van der Waals surface area contributed by atoms with E-state index in [1.54, 1.807) is 0 Å². The minimum absolute atomic E-state index is 0.00328. The van der Waals surface area contributed by atoms with Crippen molar-refractivity contribution in [2.45, 2.75) is 72.0 Å². The molecule has 1 heterocycles. The summed E-state index contributed by atoms with van der Waals surface area (Å²) in [7, 11) is -2.07. The molecular formula is C23H35N3O4Si. The molecule has 0 bridgehead atoms. The van der Waals surface area contributed by atoms with Gasteiger partial charge in [-0.05, 0) is 37.5 Å². The van der Waals surface area contributed by atoms with E-state index in [1.807, 2.05) is 44.2 Å². The highest BCUT2D eigenvalue weighted by Crippen LogP contribution is 2.37. The van der Waals surface area contributed by atoms with Gasteiger partial charge in [0.15, 0.2) is 19.8 Å². The minimum atomic E-state index is -2.07. The topological polar surface area (TPSA) is 95.6 Å². The number of hydrogen-bond donors (Lipinski definition) is 2. The Labute approximate surface area is 185 Å². The Hall–Kier alpha value is -2.58. The van der Waals surface area contributed by atoms with Crippen molar-refractivity contribution in [3.05, 3.63) is 63.6 Å². The van der Waals surface area contributed by atoms with Gasteiger partial charge in [-0.15, -0.1) is 0 Å². The zero-order chi connectivity index (χ0) is 23.4. The Morgan fingerprint density at radius 1 is 1.16 bits per heavy atom. The molecule has 0 aliphatic heterocycles. The fourth-order valence-corrected chi connectivity index (χ4v) is 3.59. The van der Waals surface area contributed by atoms with E-state index in [-0.39, 0.29) is 35.7 Å². The van der Waals surface area contributed by atoms with E-state index >= 15 is 0 Å². The first-order valence-electron chi connectivity index (χ1n) is 10.5. The molecule has 0 saturated carbocycles. The molecule has 0 aliphatic carbocycles. The summed E-state index contributed by atoms with van der Waals surface area (Å²) >= 11 is 0. The molecule has 8 heteroatoms. The van der Waals surface area contributed by atoms with E-state index in [2.05, 4.69) is 39.2 Å². The second-order valence-corrected chi connectivity index (χ2v) is 14.3. The Bertz CT molecular complexity index is 963. The average Bonchev–Trinajstić information content (AvgIpc) is 2.66. The van der Waals surface area contributed by atoms with Crippen molar-refractivity contribution in [3.63, 3.8) is 0 Å². The van der Waals surface area contributed by atoms with Crippen molar-refractivity contribution in [3.8, 4) is 5.75 Å². The maximum atomic E-state index is 12.9. The highest BCUT2D eigenvalue weighted by atomic mass is 28.4. The number of carbonyl (C=O) groups excluding carboxylic acids is 1.